The third-order valence-electron chi connectivity index (χ3n) is 6.44. The van der Waals surface area contributed by atoms with Crippen LogP contribution in [0.2, 0.25) is 5.02 Å². The molecule has 0 aliphatic rings. The molecule has 1 unspecified atom stereocenters. The summed E-state index contributed by atoms with van der Waals surface area (Å²) in [5.41, 5.74) is 3.07. The standard InChI is InChI=1S/C34H23ClFN3O2S2/c1-21(33(41)38-25-14-10-23(11-15-25)32(40)17-16-26-5-4-18-42-26)43-34-29(20-37)28(27-6-2-3-7-30(27)36)19-31(39-34)22-8-12-24(35)13-9-22/h2-19,21H,1H3,(H,38,41). The SMILES string of the molecule is CC(Sc1nc(-c2ccc(Cl)cc2)cc(-c2ccccc2F)c1C#N)C(=O)Nc1ccc(C(=O)C=Cc2cccs2)cc1. The molecule has 0 aliphatic carbocycles. The van der Waals surface area contributed by atoms with Crippen molar-refractivity contribution < 1.29 is 14.0 Å². The van der Waals surface area contributed by atoms with E-state index in [4.69, 9.17) is 16.6 Å². The van der Waals surface area contributed by atoms with Gasteiger partial charge in [-0.05, 0) is 79.1 Å². The molecule has 212 valence electrons. The number of nitrogens with zero attached hydrogens (tertiary/aromatic N) is 2. The minimum absolute atomic E-state index is 0.142. The number of benzene rings is 3. The maximum absolute atomic E-state index is 14.9. The van der Waals surface area contributed by atoms with E-state index in [9.17, 15) is 19.2 Å². The fraction of sp³-hybridized carbons (Fsp3) is 0.0588. The highest BCUT2D eigenvalue weighted by atomic mass is 35.5. The molecular formula is C34H23ClFN3O2S2. The van der Waals surface area contributed by atoms with E-state index in [0.717, 1.165) is 22.2 Å². The number of nitrogens with one attached hydrogen (secondary N) is 1. The Bertz CT molecular complexity index is 1850. The van der Waals surface area contributed by atoms with Crippen LogP contribution in [0.15, 0.2) is 107 Å². The van der Waals surface area contributed by atoms with Crippen molar-refractivity contribution in [2.24, 2.45) is 0 Å². The quantitative estimate of drug-likeness (QED) is 0.101. The Morgan fingerprint density at radius 1 is 1.02 bits per heavy atom. The third kappa shape index (κ3) is 7.27. The zero-order chi connectivity index (χ0) is 30.3. The summed E-state index contributed by atoms with van der Waals surface area (Å²) in [6.07, 6.45) is 3.29. The van der Waals surface area contributed by atoms with E-state index in [1.165, 1.54) is 12.1 Å². The number of pyridine rings is 1. The smallest absolute Gasteiger partial charge is 0.237 e. The molecule has 1 amide bonds. The van der Waals surface area contributed by atoms with Gasteiger partial charge in [-0.1, -0.05) is 59.8 Å². The third-order valence-corrected chi connectivity index (χ3v) is 8.61. The van der Waals surface area contributed by atoms with Crippen LogP contribution >= 0.6 is 34.7 Å². The molecule has 0 saturated heterocycles. The predicted molar refractivity (Wildman–Crippen MR) is 173 cm³/mol. The van der Waals surface area contributed by atoms with Crippen LogP contribution in [0.5, 0.6) is 0 Å². The summed E-state index contributed by atoms with van der Waals surface area (Å²) in [5.74, 6) is -0.939. The zero-order valence-corrected chi connectivity index (χ0v) is 25.1. The average Bonchev–Trinajstić information content (AvgIpc) is 3.54. The maximum atomic E-state index is 14.9. The second-order valence-corrected chi connectivity index (χ2v) is 12.1. The van der Waals surface area contributed by atoms with Crippen LogP contribution in [-0.2, 0) is 4.79 Å². The first kappa shape index (κ1) is 29.9. The number of halogens is 2. The van der Waals surface area contributed by atoms with Crippen LogP contribution in [0.3, 0.4) is 0 Å². The second-order valence-electron chi connectivity index (χ2n) is 9.37. The van der Waals surface area contributed by atoms with Gasteiger partial charge in [-0.25, -0.2) is 9.37 Å². The molecule has 1 N–H and O–H groups in total. The lowest BCUT2D eigenvalue weighted by Crippen LogP contribution is -2.22. The van der Waals surface area contributed by atoms with Gasteiger partial charge in [0.15, 0.2) is 5.78 Å². The molecule has 0 fully saturated rings. The average molecular weight is 624 g/mol. The maximum Gasteiger partial charge on any atom is 0.237 e. The summed E-state index contributed by atoms with van der Waals surface area (Å²) in [4.78, 5) is 31.4. The second kappa shape index (κ2) is 13.6. The molecule has 1 atom stereocenters. The molecule has 3 aromatic carbocycles. The normalized spacial score (nSPS) is 11.7. The molecule has 2 aromatic heterocycles. The van der Waals surface area contributed by atoms with Gasteiger partial charge in [0.1, 0.15) is 16.9 Å². The molecule has 2 heterocycles. The van der Waals surface area contributed by atoms with Crippen LogP contribution in [0, 0.1) is 17.1 Å². The molecule has 43 heavy (non-hydrogen) atoms. The van der Waals surface area contributed by atoms with Crippen LogP contribution < -0.4 is 5.32 Å². The minimum atomic E-state index is -0.663. The first-order chi connectivity index (χ1) is 20.8. The van der Waals surface area contributed by atoms with E-state index in [1.807, 2.05) is 17.5 Å². The Morgan fingerprint density at radius 2 is 1.77 bits per heavy atom. The fourth-order valence-electron chi connectivity index (χ4n) is 4.20. The number of hydrogen-bond acceptors (Lipinski definition) is 6. The molecule has 5 aromatic rings. The predicted octanol–water partition coefficient (Wildman–Crippen LogP) is 9.16. The monoisotopic (exact) mass is 623 g/mol. The molecule has 9 heteroatoms. The first-order valence-electron chi connectivity index (χ1n) is 13.1. The van der Waals surface area contributed by atoms with Crippen LogP contribution in [-0.4, -0.2) is 21.9 Å². The summed E-state index contributed by atoms with van der Waals surface area (Å²) >= 11 is 8.72. The van der Waals surface area contributed by atoms with Gasteiger partial charge in [-0.3, -0.25) is 9.59 Å². The van der Waals surface area contributed by atoms with Crippen molar-refractivity contribution in [2.75, 3.05) is 5.32 Å². The molecule has 0 bridgehead atoms. The molecular weight excluding hydrogens is 601 g/mol. The van der Waals surface area contributed by atoms with Gasteiger partial charge in [0.2, 0.25) is 5.91 Å². The summed E-state index contributed by atoms with van der Waals surface area (Å²) in [7, 11) is 0. The van der Waals surface area contributed by atoms with Crippen molar-refractivity contribution in [3.8, 4) is 28.5 Å². The van der Waals surface area contributed by atoms with E-state index in [1.54, 1.807) is 97.1 Å². The van der Waals surface area contributed by atoms with E-state index in [-0.39, 0.29) is 22.8 Å². The number of hydrogen-bond donors (Lipinski definition) is 1. The summed E-state index contributed by atoms with van der Waals surface area (Å²) < 4.78 is 14.9. The highest BCUT2D eigenvalue weighted by Gasteiger charge is 2.22. The van der Waals surface area contributed by atoms with Crippen molar-refractivity contribution in [3.05, 3.63) is 129 Å². The molecule has 0 spiro atoms. The fourth-order valence-corrected chi connectivity index (χ4v) is 5.87. The summed E-state index contributed by atoms with van der Waals surface area (Å²) in [6.45, 7) is 1.70. The van der Waals surface area contributed by atoms with Crippen molar-refractivity contribution in [1.82, 2.24) is 4.98 Å². The van der Waals surface area contributed by atoms with Crippen molar-refractivity contribution in [3.63, 3.8) is 0 Å². The Kier molecular flexibility index (Phi) is 9.48. The Hall–Kier alpha value is -4.55. The lowest BCUT2D eigenvalue weighted by molar-refractivity contribution is -0.115. The number of allylic oxidation sites excluding steroid dienone is 1. The zero-order valence-electron chi connectivity index (χ0n) is 22.8. The largest absolute Gasteiger partial charge is 0.325 e. The molecule has 5 rings (SSSR count). The van der Waals surface area contributed by atoms with Crippen molar-refractivity contribution in [2.45, 2.75) is 17.2 Å². The number of rotatable bonds is 9. The molecule has 5 nitrogen and oxygen atoms in total. The van der Waals surface area contributed by atoms with Crippen molar-refractivity contribution >= 4 is 58.2 Å². The van der Waals surface area contributed by atoms with E-state index < -0.39 is 11.1 Å². The Labute approximate surface area is 261 Å². The number of carbonyl (C=O) groups excluding carboxylic acids is 2. The number of anilines is 1. The summed E-state index contributed by atoms with van der Waals surface area (Å²) in [6, 6.07) is 27.6. The number of aromatic nitrogens is 1. The van der Waals surface area contributed by atoms with E-state index in [0.29, 0.717) is 32.6 Å². The number of ketones is 1. The highest BCUT2D eigenvalue weighted by Crippen LogP contribution is 2.37. The van der Waals surface area contributed by atoms with E-state index in [2.05, 4.69) is 11.4 Å². The van der Waals surface area contributed by atoms with Crippen LogP contribution in [0.25, 0.3) is 28.5 Å². The van der Waals surface area contributed by atoms with Gasteiger partial charge in [0.05, 0.1) is 16.5 Å². The number of amides is 1. The van der Waals surface area contributed by atoms with Gasteiger partial charge in [-0.15, -0.1) is 11.3 Å². The van der Waals surface area contributed by atoms with Gasteiger partial charge in [0.25, 0.3) is 0 Å². The lowest BCUT2D eigenvalue weighted by Gasteiger charge is -2.16. The molecule has 0 radical (unpaired) electrons. The number of carbonyl (C=O) groups is 2. The Morgan fingerprint density at radius 3 is 2.44 bits per heavy atom. The highest BCUT2D eigenvalue weighted by molar-refractivity contribution is 8.00. The molecule has 0 aliphatic heterocycles. The van der Waals surface area contributed by atoms with E-state index >= 15 is 0 Å². The number of thioether (sulfide) groups is 1. The van der Waals surface area contributed by atoms with Crippen LogP contribution in [0.1, 0.15) is 27.7 Å². The Balaban J connectivity index is 1.38. The van der Waals surface area contributed by atoms with Gasteiger partial charge < -0.3 is 5.32 Å². The topological polar surface area (TPSA) is 82.8 Å². The number of nitriles is 1. The lowest BCUT2D eigenvalue weighted by atomic mass is 9.99. The van der Waals surface area contributed by atoms with Gasteiger partial charge >= 0.3 is 0 Å². The molecule has 0 saturated carbocycles. The summed E-state index contributed by atoms with van der Waals surface area (Å²) in [5, 5.41) is 15.1. The first-order valence-corrected chi connectivity index (χ1v) is 15.3. The van der Waals surface area contributed by atoms with Gasteiger partial charge in [0, 0.05) is 37.8 Å². The number of thiophene rings is 1. The van der Waals surface area contributed by atoms with Crippen LogP contribution in [0.4, 0.5) is 10.1 Å². The van der Waals surface area contributed by atoms with Crippen molar-refractivity contribution in [1.29, 1.82) is 5.26 Å². The van der Waals surface area contributed by atoms with Gasteiger partial charge in [-0.2, -0.15) is 5.26 Å². The minimum Gasteiger partial charge on any atom is -0.325 e.